The molecule has 246 valence electrons. The Morgan fingerprint density at radius 3 is 2.50 bits per heavy atom. The number of aromatic nitrogens is 1. The predicted molar refractivity (Wildman–Crippen MR) is 165 cm³/mol. The Balaban J connectivity index is 1.21. The first kappa shape index (κ1) is 32.0. The fourth-order valence-electron chi connectivity index (χ4n) is 7.41. The standard InChI is InChI=1S/C33H38F4N6O3/c1-4-28(44)42-18-24(19-42)40-11-8-21(9-12-40)10-13-41-17-22-15-29(45)43(27-16-23(33(35,36)37)14-20(2)38-27)30(22)32(46)39(3)26-7-5-6-25(34)31(26)41/h4-7,14,16,21-22,24,30H,1,8-13,15,17-19H2,2-3H3/t22-,30+/m1/s1. The highest BCUT2D eigenvalue weighted by molar-refractivity contribution is 6.10. The summed E-state index contributed by atoms with van der Waals surface area (Å²) in [5.74, 6) is -1.94. The maximum Gasteiger partial charge on any atom is 0.416 e. The van der Waals surface area contributed by atoms with Crippen LogP contribution in [0.1, 0.15) is 36.9 Å². The summed E-state index contributed by atoms with van der Waals surface area (Å²) >= 11 is 0. The highest BCUT2D eigenvalue weighted by Gasteiger charge is 2.49. The smallest absolute Gasteiger partial charge is 0.367 e. The summed E-state index contributed by atoms with van der Waals surface area (Å²) in [6.07, 6.45) is -0.700. The SMILES string of the molecule is C=CC(=O)N1CC(N2CCC(CCN3C[C@H]4CC(=O)N(c5cc(C(F)(F)F)cc(C)n5)[C@@H]4C(=O)N(C)c4cccc(F)c43)CC2)C1. The van der Waals surface area contributed by atoms with E-state index in [9.17, 15) is 27.6 Å². The number of benzene rings is 1. The number of hydrogen-bond donors (Lipinski definition) is 0. The van der Waals surface area contributed by atoms with Crippen LogP contribution in [0.4, 0.5) is 34.8 Å². The monoisotopic (exact) mass is 642 g/mol. The summed E-state index contributed by atoms with van der Waals surface area (Å²) < 4.78 is 56.6. The van der Waals surface area contributed by atoms with Gasteiger partial charge in [-0.1, -0.05) is 12.6 Å². The maximum atomic E-state index is 15.5. The number of piperidine rings is 1. The van der Waals surface area contributed by atoms with E-state index in [0.717, 1.165) is 49.4 Å². The summed E-state index contributed by atoms with van der Waals surface area (Å²) in [5.41, 5.74) is -0.241. The number of para-hydroxylation sites is 1. The largest absolute Gasteiger partial charge is 0.416 e. The van der Waals surface area contributed by atoms with E-state index in [-0.39, 0.29) is 36.1 Å². The van der Waals surface area contributed by atoms with Gasteiger partial charge >= 0.3 is 6.18 Å². The number of anilines is 3. The second-order valence-electron chi connectivity index (χ2n) is 12.8. The molecule has 4 aliphatic rings. The number of carbonyl (C=O) groups excluding carboxylic acids is 3. The quantitative estimate of drug-likeness (QED) is 0.347. The first-order valence-corrected chi connectivity index (χ1v) is 15.7. The number of alkyl halides is 3. The molecule has 0 saturated carbocycles. The van der Waals surface area contributed by atoms with Crippen molar-refractivity contribution in [1.29, 1.82) is 0 Å². The van der Waals surface area contributed by atoms with Crippen molar-refractivity contribution in [3.63, 3.8) is 0 Å². The zero-order valence-electron chi connectivity index (χ0n) is 26.0. The molecule has 0 bridgehead atoms. The Bertz CT molecular complexity index is 1540. The van der Waals surface area contributed by atoms with Gasteiger partial charge in [0.1, 0.15) is 17.7 Å². The minimum atomic E-state index is -4.65. The average Bonchev–Trinajstić information content (AvgIpc) is 3.32. The summed E-state index contributed by atoms with van der Waals surface area (Å²) in [6.45, 7) is 8.87. The van der Waals surface area contributed by atoms with Crippen LogP contribution in [0.5, 0.6) is 0 Å². The van der Waals surface area contributed by atoms with Gasteiger partial charge in [-0.05, 0) is 75.5 Å². The molecule has 5 heterocycles. The minimum Gasteiger partial charge on any atom is -0.367 e. The predicted octanol–water partition coefficient (Wildman–Crippen LogP) is 4.25. The molecule has 0 N–H and O–H groups in total. The highest BCUT2D eigenvalue weighted by Crippen LogP contribution is 2.42. The van der Waals surface area contributed by atoms with Gasteiger partial charge in [-0.15, -0.1) is 0 Å². The van der Waals surface area contributed by atoms with Gasteiger partial charge in [0.25, 0.3) is 0 Å². The van der Waals surface area contributed by atoms with Crippen LogP contribution in [0, 0.1) is 24.6 Å². The number of aryl methyl sites for hydroxylation is 1. The van der Waals surface area contributed by atoms with Crippen molar-refractivity contribution in [3.8, 4) is 0 Å². The van der Waals surface area contributed by atoms with Crippen molar-refractivity contribution < 1.29 is 31.9 Å². The maximum absolute atomic E-state index is 15.5. The van der Waals surface area contributed by atoms with Gasteiger partial charge in [0.15, 0.2) is 0 Å². The number of carbonyl (C=O) groups is 3. The molecule has 13 heteroatoms. The second-order valence-corrected chi connectivity index (χ2v) is 12.8. The van der Waals surface area contributed by atoms with Crippen LogP contribution >= 0.6 is 0 Å². The lowest BCUT2D eigenvalue weighted by Crippen LogP contribution is -2.61. The van der Waals surface area contributed by atoms with E-state index in [4.69, 9.17) is 0 Å². The van der Waals surface area contributed by atoms with E-state index in [1.807, 2.05) is 4.90 Å². The van der Waals surface area contributed by atoms with Gasteiger partial charge in [0, 0.05) is 57.3 Å². The fourth-order valence-corrected chi connectivity index (χ4v) is 7.41. The Morgan fingerprint density at radius 2 is 1.83 bits per heavy atom. The zero-order chi connectivity index (χ0) is 32.9. The molecule has 9 nitrogen and oxygen atoms in total. The Kier molecular flexibility index (Phi) is 8.55. The molecule has 3 saturated heterocycles. The number of pyridine rings is 1. The van der Waals surface area contributed by atoms with Crippen molar-refractivity contribution in [1.82, 2.24) is 14.8 Å². The number of likely N-dealkylation sites (tertiary alicyclic amines) is 2. The summed E-state index contributed by atoms with van der Waals surface area (Å²) in [7, 11) is 1.51. The number of nitrogens with zero attached hydrogens (tertiary/aromatic N) is 6. The first-order chi connectivity index (χ1) is 21.8. The number of fused-ring (bicyclic) bond motifs is 2. The number of rotatable bonds is 6. The Labute approximate surface area is 265 Å². The Hall–Kier alpha value is -4.00. The molecule has 6 rings (SSSR count). The molecule has 0 aliphatic carbocycles. The van der Waals surface area contributed by atoms with E-state index in [0.29, 0.717) is 37.3 Å². The fraction of sp³-hybridized carbons (Fsp3) is 0.515. The topological polar surface area (TPSA) is 80.3 Å². The van der Waals surface area contributed by atoms with Crippen LogP contribution < -0.4 is 14.7 Å². The van der Waals surface area contributed by atoms with Crippen LogP contribution in [0.3, 0.4) is 0 Å². The molecule has 2 atom stereocenters. The molecule has 1 aromatic carbocycles. The van der Waals surface area contributed by atoms with Crippen LogP contribution in [-0.4, -0.2) is 90.9 Å². The normalized spacial score (nSPS) is 23.2. The minimum absolute atomic E-state index is 0.0465. The molecule has 0 spiro atoms. The molecule has 3 amide bonds. The van der Waals surface area contributed by atoms with Crippen LogP contribution in [0.2, 0.25) is 0 Å². The van der Waals surface area contributed by atoms with E-state index in [2.05, 4.69) is 16.5 Å². The van der Waals surface area contributed by atoms with E-state index < -0.39 is 41.3 Å². The summed E-state index contributed by atoms with van der Waals surface area (Å²) in [4.78, 5) is 52.0. The van der Waals surface area contributed by atoms with Gasteiger partial charge in [-0.25, -0.2) is 9.37 Å². The van der Waals surface area contributed by atoms with Crippen molar-refractivity contribution in [2.75, 3.05) is 61.0 Å². The average molecular weight is 643 g/mol. The zero-order valence-corrected chi connectivity index (χ0v) is 26.0. The van der Waals surface area contributed by atoms with Crippen LogP contribution in [-0.2, 0) is 20.6 Å². The van der Waals surface area contributed by atoms with Crippen molar-refractivity contribution >= 4 is 34.9 Å². The van der Waals surface area contributed by atoms with Gasteiger partial charge in [-0.2, -0.15) is 13.2 Å². The molecule has 1 aromatic heterocycles. The van der Waals surface area contributed by atoms with E-state index >= 15 is 4.39 Å². The third-order valence-electron chi connectivity index (χ3n) is 9.95. The molecular weight excluding hydrogens is 604 g/mol. The lowest BCUT2D eigenvalue weighted by atomic mass is 9.90. The molecule has 3 fully saturated rings. The van der Waals surface area contributed by atoms with Gasteiger partial charge < -0.3 is 14.7 Å². The van der Waals surface area contributed by atoms with Gasteiger partial charge in [-0.3, -0.25) is 24.2 Å². The molecule has 0 unspecified atom stereocenters. The molecule has 46 heavy (non-hydrogen) atoms. The molecule has 0 radical (unpaired) electrons. The number of amides is 3. The second kappa shape index (κ2) is 12.3. The number of halogens is 4. The van der Waals surface area contributed by atoms with Gasteiger partial charge in [0.2, 0.25) is 17.7 Å². The van der Waals surface area contributed by atoms with Crippen molar-refractivity contribution in [2.24, 2.45) is 11.8 Å². The number of likely N-dealkylation sites (N-methyl/N-ethyl adjacent to an activating group) is 1. The van der Waals surface area contributed by atoms with Crippen LogP contribution in [0.25, 0.3) is 0 Å². The van der Waals surface area contributed by atoms with Crippen molar-refractivity contribution in [3.05, 3.63) is 60.1 Å². The van der Waals surface area contributed by atoms with E-state index in [1.54, 1.807) is 11.0 Å². The number of hydrogen-bond acceptors (Lipinski definition) is 6. The Morgan fingerprint density at radius 1 is 1.11 bits per heavy atom. The van der Waals surface area contributed by atoms with E-state index in [1.165, 1.54) is 37.1 Å². The molecular formula is C33H38F4N6O3. The third-order valence-corrected chi connectivity index (χ3v) is 9.95. The lowest BCUT2D eigenvalue weighted by Gasteiger charge is -2.47. The highest BCUT2D eigenvalue weighted by atomic mass is 19.4. The first-order valence-electron chi connectivity index (χ1n) is 15.7. The van der Waals surface area contributed by atoms with Gasteiger partial charge in [0.05, 0.1) is 16.9 Å². The molecule has 4 aliphatic heterocycles. The lowest BCUT2D eigenvalue weighted by molar-refractivity contribution is -0.137. The van der Waals surface area contributed by atoms with Crippen LogP contribution in [0.15, 0.2) is 43.0 Å². The third kappa shape index (κ3) is 5.96. The van der Waals surface area contributed by atoms with Crippen molar-refractivity contribution in [2.45, 2.75) is 50.9 Å². The molecule has 2 aromatic rings. The summed E-state index contributed by atoms with van der Waals surface area (Å²) in [5, 5.41) is 0. The summed E-state index contributed by atoms with van der Waals surface area (Å²) in [6, 6.07) is 5.49.